The lowest BCUT2D eigenvalue weighted by molar-refractivity contribution is 0.226. The minimum absolute atomic E-state index is 0.726. The summed E-state index contributed by atoms with van der Waals surface area (Å²) < 4.78 is 0. The molecule has 0 aliphatic heterocycles. The van der Waals surface area contributed by atoms with Crippen LogP contribution >= 0.6 is 0 Å². The molecule has 0 radical (unpaired) electrons. The molecule has 1 heterocycles. The molecular weight excluding hydrogens is 234 g/mol. The van der Waals surface area contributed by atoms with Gasteiger partial charge in [0.2, 0.25) is 0 Å². The number of hydrogen-bond acceptors (Lipinski definition) is 3. The molecule has 1 aliphatic carbocycles. The van der Waals surface area contributed by atoms with E-state index in [4.69, 9.17) is 0 Å². The van der Waals surface area contributed by atoms with Crippen molar-refractivity contribution >= 4 is 5.82 Å². The Hall–Kier alpha value is -1.09. The first-order valence-electron chi connectivity index (χ1n) is 7.62. The maximum Gasteiger partial charge on any atom is 0.130 e. The Kier molecular flexibility index (Phi) is 5.20. The van der Waals surface area contributed by atoms with Crippen LogP contribution in [0.3, 0.4) is 0 Å². The third-order valence-electron chi connectivity index (χ3n) is 3.47. The molecule has 1 N–H and O–H groups in total. The average molecular weight is 261 g/mol. The molecule has 1 aromatic rings. The third-order valence-corrected chi connectivity index (χ3v) is 3.47. The zero-order valence-electron chi connectivity index (χ0n) is 12.5. The molecule has 1 fully saturated rings. The van der Waals surface area contributed by atoms with Gasteiger partial charge in [-0.1, -0.05) is 26.8 Å². The van der Waals surface area contributed by atoms with Gasteiger partial charge < -0.3 is 5.32 Å². The van der Waals surface area contributed by atoms with Gasteiger partial charge in [-0.15, -0.1) is 0 Å². The van der Waals surface area contributed by atoms with Crippen LogP contribution in [0.4, 0.5) is 5.82 Å². The molecule has 3 nitrogen and oxygen atoms in total. The summed E-state index contributed by atoms with van der Waals surface area (Å²) in [5, 5.41) is 3.44. The molecule has 3 heteroatoms. The SMILES string of the molecule is CCCNc1ncccc1CN(CC(C)C)C1CC1. The standard InChI is InChI=1S/C16H27N3/c1-4-9-17-16-14(6-5-10-18-16)12-19(11-13(2)3)15-7-8-15/h5-6,10,13,15H,4,7-9,11-12H2,1-3H3,(H,17,18). The second-order valence-corrected chi connectivity index (χ2v) is 5.99. The summed E-state index contributed by atoms with van der Waals surface area (Å²) in [6, 6.07) is 5.06. The van der Waals surface area contributed by atoms with Crippen LogP contribution in [0.25, 0.3) is 0 Å². The third kappa shape index (κ3) is 4.50. The van der Waals surface area contributed by atoms with E-state index in [-0.39, 0.29) is 0 Å². The normalized spacial score (nSPS) is 15.2. The van der Waals surface area contributed by atoms with Gasteiger partial charge in [0.25, 0.3) is 0 Å². The van der Waals surface area contributed by atoms with Gasteiger partial charge in [0.05, 0.1) is 0 Å². The quantitative estimate of drug-likeness (QED) is 0.776. The van der Waals surface area contributed by atoms with Crippen molar-refractivity contribution in [3.63, 3.8) is 0 Å². The van der Waals surface area contributed by atoms with Crippen molar-refractivity contribution in [2.24, 2.45) is 5.92 Å². The van der Waals surface area contributed by atoms with E-state index < -0.39 is 0 Å². The van der Waals surface area contributed by atoms with E-state index in [0.29, 0.717) is 0 Å². The van der Waals surface area contributed by atoms with Crippen molar-refractivity contribution in [1.29, 1.82) is 0 Å². The van der Waals surface area contributed by atoms with E-state index in [1.807, 2.05) is 12.3 Å². The fraction of sp³-hybridized carbons (Fsp3) is 0.688. The summed E-state index contributed by atoms with van der Waals surface area (Å²) in [6.45, 7) is 10.0. The Morgan fingerprint density at radius 2 is 2.21 bits per heavy atom. The molecular formula is C16H27N3. The van der Waals surface area contributed by atoms with E-state index in [1.54, 1.807) is 0 Å². The zero-order chi connectivity index (χ0) is 13.7. The molecule has 0 amide bonds. The van der Waals surface area contributed by atoms with E-state index in [0.717, 1.165) is 37.3 Å². The summed E-state index contributed by atoms with van der Waals surface area (Å²) in [4.78, 5) is 7.11. The zero-order valence-corrected chi connectivity index (χ0v) is 12.5. The molecule has 0 bridgehead atoms. The first-order valence-corrected chi connectivity index (χ1v) is 7.62. The van der Waals surface area contributed by atoms with E-state index >= 15 is 0 Å². The molecule has 0 spiro atoms. The molecule has 19 heavy (non-hydrogen) atoms. The molecule has 0 atom stereocenters. The predicted molar refractivity (Wildman–Crippen MR) is 81.3 cm³/mol. The summed E-state index contributed by atoms with van der Waals surface area (Å²) >= 11 is 0. The van der Waals surface area contributed by atoms with Crippen molar-refractivity contribution in [1.82, 2.24) is 9.88 Å². The topological polar surface area (TPSA) is 28.2 Å². The molecule has 1 aliphatic rings. The number of nitrogens with zero attached hydrogens (tertiary/aromatic N) is 2. The highest BCUT2D eigenvalue weighted by molar-refractivity contribution is 5.43. The summed E-state index contributed by atoms with van der Waals surface area (Å²) in [7, 11) is 0. The van der Waals surface area contributed by atoms with Gasteiger partial charge in [0, 0.05) is 37.4 Å². The number of anilines is 1. The second-order valence-electron chi connectivity index (χ2n) is 5.99. The van der Waals surface area contributed by atoms with Crippen molar-refractivity contribution in [2.45, 2.75) is 52.6 Å². The van der Waals surface area contributed by atoms with Crippen LogP contribution in [0.5, 0.6) is 0 Å². The van der Waals surface area contributed by atoms with Crippen molar-refractivity contribution in [3.8, 4) is 0 Å². The monoisotopic (exact) mass is 261 g/mol. The lowest BCUT2D eigenvalue weighted by Crippen LogP contribution is -2.30. The van der Waals surface area contributed by atoms with Crippen LogP contribution in [0.1, 0.15) is 45.6 Å². The first-order chi connectivity index (χ1) is 9.20. The van der Waals surface area contributed by atoms with Crippen molar-refractivity contribution in [3.05, 3.63) is 23.9 Å². The van der Waals surface area contributed by atoms with E-state index in [2.05, 4.69) is 42.0 Å². The van der Waals surface area contributed by atoms with E-state index in [1.165, 1.54) is 24.9 Å². The lowest BCUT2D eigenvalue weighted by Gasteiger charge is -2.25. The van der Waals surface area contributed by atoms with Crippen LogP contribution in [0.15, 0.2) is 18.3 Å². The number of rotatable bonds is 8. The minimum atomic E-state index is 0.726. The van der Waals surface area contributed by atoms with Gasteiger partial charge in [0.1, 0.15) is 5.82 Å². The fourth-order valence-corrected chi connectivity index (χ4v) is 2.44. The van der Waals surface area contributed by atoms with Crippen LogP contribution < -0.4 is 5.32 Å². The summed E-state index contributed by atoms with van der Waals surface area (Å²) in [5.41, 5.74) is 1.34. The molecule has 0 saturated heterocycles. The van der Waals surface area contributed by atoms with Gasteiger partial charge in [-0.25, -0.2) is 4.98 Å². The Labute approximate surface area is 117 Å². The van der Waals surface area contributed by atoms with Crippen LogP contribution in [0.2, 0.25) is 0 Å². The highest BCUT2D eigenvalue weighted by Crippen LogP contribution is 2.30. The largest absolute Gasteiger partial charge is 0.370 e. The Bertz CT molecular complexity index is 385. The van der Waals surface area contributed by atoms with Gasteiger partial charge >= 0.3 is 0 Å². The predicted octanol–water partition coefficient (Wildman–Crippen LogP) is 3.52. The Morgan fingerprint density at radius 1 is 1.42 bits per heavy atom. The number of aromatic nitrogens is 1. The van der Waals surface area contributed by atoms with Gasteiger partial charge in [0.15, 0.2) is 0 Å². The molecule has 1 aromatic heterocycles. The minimum Gasteiger partial charge on any atom is -0.370 e. The molecule has 0 unspecified atom stereocenters. The molecule has 2 rings (SSSR count). The number of hydrogen-bond donors (Lipinski definition) is 1. The fourth-order valence-electron chi connectivity index (χ4n) is 2.44. The maximum absolute atomic E-state index is 4.49. The highest BCUT2D eigenvalue weighted by atomic mass is 15.2. The van der Waals surface area contributed by atoms with Gasteiger partial charge in [-0.2, -0.15) is 0 Å². The molecule has 1 saturated carbocycles. The number of pyridine rings is 1. The smallest absolute Gasteiger partial charge is 0.130 e. The first kappa shape index (κ1) is 14.3. The molecule has 0 aromatic carbocycles. The van der Waals surface area contributed by atoms with Crippen LogP contribution in [-0.2, 0) is 6.54 Å². The molecule has 106 valence electrons. The second kappa shape index (κ2) is 6.90. The maximum atomic E-state index is 4.49. The lowest BCUT2D eigenvalue weighted by atomic mass is 10.1. The van der Waals surface area contributed by atoms with Gasteiger partial charge in [-0.05, 0) is 31.2 Å². The Balaban J connectivity index is 2.03. The van der Waals surface area contributed by atoms with Crippen molar-refractivity contribution < 1.29 is 0 Å². The van der Waals surface area contributed by atoms with Gasteiger partial charge in [-0.3, -0.25) is 4.90 Å². The summed E-state index contributed by atoms with van der Waals surface area (Å²) in [5.74, 6) is 1.79. The van der Waals surface area contributed by atoms with E-state index in [9.17, 15) is 0 Å². The highest BCUT2D eigenvalue weighted by Gasteiger charge is 2.29. The Morgan fingerprint density at radius 3 is 2.84 bits per heavy atom. The number of nitrogens with one attached hydrogen (secondary N) is 1. The van der Waals surface area contributed by atoms with Crippen LogP contribution in [0, 0.1) is 5.92 Å². The van der Waals surface area contributed by atoms with Crippen molar-refractivity contribution in [2.75, 3.05) is 18.4 Å². The summed E-state index contributed by atoms with van der Waals surface area (Å²) in [6.07, 6.45) is 5.75. The van der Waals surface area contributed by atoms with Crippen LogP contribution in [-0.4, -0.2) is 29.0 Å². The average Bonchev–Trinajstić information content (AvgIpc) is 3.20.